The first-order valence-corrected chi connectivity index (χ1v) is 10.8. The zero-order valence-electron chi connectivity index (χ0n) is 17.6. The number of carbonyl (C=O) groups is 3. The number of carbonyl (C=O) groups excluding carboxylic acids is 3. The van der Waals surface area contributed by atoms with Crippen LogP contribution in [0.3, 0.4) is 0 Å². The van der Waals surface area contributed by atoms with Crippen LogP contribution in [0.2, 0.25) is 0 Å². The molecular formula is C21H33N3O5. The van der Waals surface area contributed by atoms with Gasteiger partial charge in [-0.3, -0.25) is 4.79 Å². The summed E-state index contributed by atoms with van der Waals surface area (Å²) in [4.78, 5) is 38.5. The fourth-order valence-electron chi connectivity index (χ4n) is 6.18. The maximum absolute atomic E-state index is 12.8. The highest BCUT2D eigenvalue weighted by Crippen LogP contribution is 2.60. The minimum Gasteiger partial charge on any atom is -0.446 e. The van der Waals surface area contributed by atoms with Crippen molar-refractivity contribution in [2.24, 2.45) is 28.9 Å². The van der Waals surface area contributed by atoms with E-state index >= 15 is 0 Å². The molecule has 3 N–H and O–H groups in total. The van der Waals surface area contributed by atoms with Gasteiger partial charge in [0.1, 0.15) is 11.7 Å². The normalized spacial score (nSPS) is 38.0. The Balaban J connectivity index is 1.31. The van der Waals surface area contributed by atoms with Gasteiger partial charge in [-0.1, -0.05) is 0 Å². The molecule has 0 radical (unpaired) electrons. The lowest BCUT2D eigenvalue weighted by atomic mass is 9.48. The quantitative estimate of drug-likeness (QED) is 0.746. The highest BCUT2D eigenvalue weighted by molar-refractivity contribution is 5.81. The third kappa shape index (κ3) is 4.03. The minimum atomic E-state index is -0.553. The molecule has 4 unspecified atom stereocenters. The molecule has 5 rings (SSSR count). The lowest BCUT2D eigenvalue weighted by molar-refractivity contribution is -0.161. The highest BCUT2D eigenvalue weighted by atomic mass is 16.6. The van der Waals surface area contributed by atoms with E-state index in [-0.39, 0.29) is 41.4 Å². The van der Waals surface area contributed by atoms with Crippen LogP contribution in [0.25, 0.3) is 0 Å². The molecule has 4 aliphatic carbocycles. The largest absolute Gasteiger partial charge is 0.446 e. The Labute approximate surface area is 171 Å². The molecule has 0 aromatic heterocycles. The molecule has 5 aliphatic rings. The molecule has 162 valence electrons. The molecule has 1 heterocycles. The van der Waals surface area contributed by atoms with Crippen LogP contribution in [0.15, 0.2) is 0 Å². The molecule has 1 saturated heterocycles. The Kier molecular flexibility index (Phi) is 4.94. The van der Waals surface area contributed by atoms with Crippen LogP contribution in [0.4, 0.5) is 9.59 Å². The number of rotatable bonds is 3. The summed E-state index contributed by atoms with van der Waals surface area (Å²) in [5.41, 5.74) is 4.80. The lowest BCUT2D eigenvalue weighted by Gasteiger charge is -2.58. The van der Waals surface area contributed by atoms with Gasteiger partial charge in [-0.25, -0.2) is 9.59 Å². The number of primary amides is 1. The average molecular weight is 408 g/mol. The van der Waals surface area contributed by atoms with Gasteiger partial charge in [0.2, 0.25) is 5.91 Å². The monoisotopic (exact) mass is 407 g/mol. The van der Waals surface area contributed by atoms with E-state index in [0.717, 1.165) is 32.1 Å². The second-order valence-corrected chi connectivity index (χ2v) is 10.5. The van der Waals surface area contributed by atoms with Crippen LogP contribution in [-0.2, 0) is 14.3 Å². The van der Waals surface area contributed by atoms with Crippen LogP contribution in [-0.4, -0.2) is 53.8 Å². The maximum Gasteiger partial charge on any atom is 0.410 e. The summed E-state index contributed by atoms with van der Waals surface area (Å²) in [6.07, 6.45) is 4.22. The molecule has 6 atom stereocenters. The Hall–Kier alpha value is -1.99. The molecular weight excluding hydrogens is 374 g/mol. The first-order valence-electron chi connectivity index (χ1n) is 10.8. The van der Waals surface area contributed by atoms with Gasteiger partial charge < -0.3 is 25.4 Å². The number of alkyl carbamates (subject to hydrolysis) is 1. The van der Waals surface area contributed by atoms with Crippen molar-refractivity contribution in [2.75, 3.05) is 13.1 Å². The Morgan fingerprint density at radius 3 is 2.34 bits per heavy atom. The van der Waals surface area contributed by atoms with Gasteiger partial charge in [0, 0.05) is 13.1 Å². The summed E-state index contributed by atoms with van der Waals surface area (Å²) in [5, 5.41) is 2.83. The number of hydrogen-bond acceptors (Lipinski definition) is 5. The average Bonchev–Trinajstić information content (AvgIpc) is 3.04. The number of nitrogens with one attached hydrogen (secondary N) is 1. The summed E-state index contributed by atoms with van der Waals surface area (Å²) in [6.45, 7) is 6.43. The molecule has 0 spiro atoms. The van der Waals surface area contributed by atoms with Crippen LogP contribution in [0.5, 0.6) is 0 Å². The lowest BCUT2D eigenvalue weighted by Crippen LogP contribution is -2.59. The smallest absolute Gasteiger partial charge is 0.410 e. The number of likely N-dealkylation sites (tertiary alicyclic amines) is 1. The van der Waals surface area contributed by atoms with Crippen molar-refractivity contribution in [3.8, 4) is 0 Å². The number of amides is 3. The Morgan fingerprint density at radius 2 is 1.76 bits per heavy atom. The summed E-state index contributed by atoms with van der Waals surface area (Å²) in [6, 6.07) is -0.131. The van der Waals surface area contributed by atoms with E-state index in [1.165, 1.54) is 0 Å². The molecule has 3 amide bonds. The van der Waals surface area contributed by atoms with Crippen LogP contribution >= 0.6 is 0 Å². The SMILES string of the molecule is CC(C)(C)OC(=O)N[C@@H]1CCN(C(=O)OC2C3CC4C[C@@H]2CC(C(N)=O)(C4)C3)C1. The zero-order valence-corrected chi connectivity index (χ0v) is 17.6. The Bertz CT molecular complexity index is 687. The molecule has 0 aromatic carbocycles. The summed E-state index contributed by atoms with van der Waals surface area (Å²) in [7, 11) is 0. The standard InChI is InChI=1S/C21H33N3O5/c1-20(2,3)29-18(26)23-15-4-5-24(11-15)19(27)28-16-13-6-12-7-14(16)10-21(8-12,9-13)17(22)25/h12-16H,4-11H2,1-3H3,(H2,22,25)(H,23,26)/t12?,13-,14?,15-,16?,21?/m1/s1. The van der Waals surface area contributed by atoms with E-state index in [1.54, 1.807) is 4.90 Å². The van der Waals surface area contributed by atoms with Gasteiger partial charge in [-0.05, 0) is 77.0 Å². The van der Waals surface area contributed by atoms with E-state index in [0.29, 0.717) is 25.4 Å². The van der Waals surface area contributed by atoms with Crippen molar-refractivity contribution in [3.05, 3.63) is 0 Å². The van der Waals surface area contributed by atoms with Crippen molar-refractivity contribution in [1.82, 2.24) is 10.2 Å². The molecule has 8 heteroatoms. The van der Waals surface area contributed by atoms with Crippen LogP contribution < -0.4 is 11.1 Å². The van der Waals surface area contributed by atoms with Crippen molar-refractivity contribution < 1.29 is 23.9 Å². The molecule has 0 aromatic rings. The van der Waals surface area contributed by atoms with Crippen molar-refractivity contribution in [3.63, 3.8) is 0 Å². The van der Waals surface area contributed by atoms with Gasteiger partial charge >= 0.3 is 12.2 Å². The molecule has 4 saturated carbocycles. The third-order valence-corrected chi connectivity index (χ3v) is 7.11. The summed E-state index contributed by atoms with van der Waals surface area (Å²) >= 11 is 0. The first-order chi connectivity index (χ1) is 13.5. The number of ether oxygens (including phenoxy) is 2. The second-order valence-electron chi connectivity index (χ2n) is 10.5. The first kappa shape index (κ1) is 20.3. The van der Waals surface area contributed by atoms with Crippen molar-refractivity contribution in [2.45, 2.75) is 77.0 Å². The highest BCUT2D eigenvalue weighted by Gasteiger charge is 2.59. The topological polar surface area (TPSA) is 111 Å². The predicted octanol–water partition coefficient (Wildman–Crippen LogP) is 2.40. The van der Waals surface area contributed by atoms with Crippen LogP contribution in [0, 0.1) is 23.2 Å². The Morgan fingerprint density at radius 1 is 1.10 bits per heavy atom. The van der Waals surface area contributed by atoms with Crippen LogP contribution in [0.1, 0.15) is 59.3 Å². The number of nitrogens with two attached hydrogens (primary N) is 1. The van der Waals surface area contributed by atoms with Crippen molar-refractivity contribution >= 4 is 18.1 Å². The van der Waals surface area contributed by atoms with Crippen molar-refractivity contribution in [1.29, 1.82) is 0 Å². The third-order valence-electron chi connectivity index (χ3n) is 7.11. The van der Waals surface area contributed by atoms with Gasteiger partial charge in [-0.2, -0.15) is 0 Å². The molecule has 8 nitrogen and oxygen atoms in total. The zero-order chi connectivity index (χ0) is 21.0. The second kappa shape index (κ2) is 7.06. The molecule has 29 heavy (non-hydrogen) atoms. The van der Waals surface area contributed by atoms with Gasteiger partial charge in [-0.15, -0.1) is 0 Å². The predicted molar refractivity (Wildman–Crippen MR) is 105 cm³/mol. The van der Waals surface area contributed by atoms with E-state index in [1.807, 2.05) is 20.8 Å². The number of nitrogens with zero attached hydrogens (tertiary/aromatic N) is 1. The van der Waals surface area contributed by atoms with Gasteiger partial charge in [0.05, 0.1) is 11.5 Å². The van der Waals surface area contributed by atoms with Gasteiger partial charge in [0.25, 0.3) is 0 Å². The van der Waals surface area contributed by atoms with E-state index in [2.05, 4.69) is 5.32 Å². The molecule has 4 bridgehead atoms. The summed E-state index contributed by atoms with van der Waals surface area (Å²) in [5.74, 6) is 0.813. The molecule has 1 aliphatic heterocycles. The fraction of sp³-hybridized carbons (Fsp3) is 0.857. The number of hydrogen-bond donors (Lipinski definition) is 2. The van der Waals surface area contributed by atoms with Gasteiger partial charge in [0.15, 0.2) is 0 Å². The minimum absolute atomic E-state index is 0.121. The van der Waals surface area contributed by atoms with E-state index in [9.17, 15) is 14.4 Å². The molecule has 5 fully saturated rings. The fourth-order valence-corrected chi connectivity index (χ4v) is 6.18. The van der Waals surface area contributed by atoms with E-state index in [4.69, 9.17) is 15.2 Å². The maximum atomic E-state index is 12.8. The van der Waals surface area contributed by atoms with E-state index < -0.39 is 11.7 Å². The summed E-state index contributed by atoms with van der Waals surface area (Å²) < 4.78 is 11.2.